The molecule has 7 heteroatoms. The molecule has 0 spiro atoms. The highest BCUT2D eigenvalue weighted by Gasteiger charge is 2.33. The van der Waals surface area contributed by atoms with E-state index in [1.165, 1.54) is 13.8 Å². The molecule has 0 radical (unpaired) electrons. The van der Waals surface area contributed by atoms with E-state index in [-0.39, 0.29) is 6.29 Å². The van der Waals surface area contributed by atoms with Gasteiger partial charge in [0.1, 0.15) is 18.3 Å². The van der Waals surface area contributed by atoms with Crippen LogP contribution in [0.5, 0.6) is 0 Å². The second kappa shape index (κ2) is 7.33. The van der Waals surface area contributed by atoms with Crippen molar-refractivity contribution in [3.05, 3.63) is 0 Å². The van der Waals surface area contributed by atoms with Gasteiger partial charge in [0.15, 0.2) is 12.4 Å². The summed E-state index contributed by atoms with van der Waals surface area (Å²) in [7, 11) is 0. The molecule has 17 heavy (non-hydrogen) atoms. The Balaban J connectivity index is 4.55. The van der Waals surface area contributed by atoms with Crippen LogP contribution in [0.25, 0.3) is 0 Å². The van der Waals surface area contributed by atoms with Crippen molar-refractivity contribution in [1.82, 2.24) is 0 Å². The van der Waals surface area contributed by atoms with Gasteiger partial charge in [-0.2, -0.15) is 0 Å². The van der Waals surface area contributed by atoms with Crippen molar-refractivity contribution in [2.75, 3.05) is 6.61 Å². The molecule has 0 amide bonds. The predicted molar refractivity (Wildman–Crippen MR) is 55.9 cm³/mol. The molecule has 0 aromatic rings. The summed E-state index contributed by atoms with van der Waals surface area (Å²) in [4.78, 5) is 21.8. The monoisotopic (exact) mass is 250 g/mol. The standard InChI is InChI=1S/C10H18O7/c1-5(2)10(16)17-7(4-12)9(15)8(14)6(13)3-11/h4-9,11,13-15H,3H2,1-2H3/t6-,7+,8-,9-/m1/s1. The van der Waals surface area contributed by atoms with Crippen LogP contribution in [0.4, 0.5) is 0 Å². The van der Waals surface area contributed by atoms with Crippen LogP contribution >= 0.6 is 0 Å². The summed E-state index contributed by atoms with van der Waals surface area (Å²) >= 11 is 0. The van der Waals surface area contributed by atoms with Gasteiger partial charge in [-0.25, -0.2) is 0 Å². The molecule has 0 aromatic carbocycles. The van der Waals surface area contributed by atoms with Crippen LogP contribution in [-0.2, 0) is 14.3 Å². The van der Waals surface area contributed by atoms with Crippen LogP contribution < -0.4 is 0 Å². The maximum absolute atomic E-state index is 11.2. The normalized spacial score (nSPS) is 18.3. The SMILES string of the molecule is CC(C)C(=O)O[C@@H](C=O)[C@@H](O)[C@H](O)[C@H](O)CO. The Morgan fingerprint density at radius 3 is 2.12 bits per heavy atom. The second-order valence-electron chi connectivity index (χ2n) is 3.92. The molecule has 0 saturated heterocycles. The van der Waals surface area contributed by atoms with Gasteiger partial charge in [0, 0.05) is 0 Å². The fourth-order valence-corrected chi connectivity index (χ4v) is 0.978. The van der Waals surface area contributed by atoms with Crippen LogP contribution in [-0.4, -0.2) is 63.7 Å². The molecule has 0 aromatic heterocycles. The Morgan fingerprint density at radius 2 is 1.76 bits per heavy atom. The van der Waals surface area contributed by atoms with E-state index in [4.69, 9.17) is 10.2 Å². The number of aliphatic hydroxyl groups excluding tert-OH is 4. The highest BCUT2D eigenvalue weighted by atomic mass is 16.6. The van der Waals surface area contributed by atoms with Gasteiger partial charge in [-0.15, -0.1) is 0 Å². The molecular formula is C10H18O7. The first-order valence-electron chi connectivity index (χ1n) is 5.16. The maximum atomic E-state index is 11.2. The average Bonchev–Trinajstić information content (AvgIpc) is 2.32. The Morgan fingerprint density at radius 1 is 1.24 bits per heavy atom. The van der Waals surface area contributed by atoms with E-state index in [0.29, 0.717) is 0 Å². The lowest BCUT2D eigenvalue weighted by Gasteiger charge is -2.25. The highest BCUT2D eigenvalue weighted by molar-refractivity contribution is 5.74. The van der Waals surface area contributed by atoms with E-state index in [0.717, 1.165) is 0 Å². The van der Waals surface area contributed by atoms with Gasteiger partial charge < -0.3 is 25.2 Å². The summed E-state index contributed by atoms with van der Waals surface area (Å²) in [6.07, 6.45) is -6.63. The van der Waals surface area contributed by atoms with E-state index in [1.54, 1.807) is 0 Å². The molecule has 0 saturated carbocycles. The molecule has 0 fully saturated rings. The topological polar surface area (TPSA) is 124 Å². The molecule has 0 unspecified atom stereocenters. The summed E-state index contributed by atoms with van der Waals surface area (Å²) in [6, 6.07) is 0. The quantitative estimate of drug-likeness (QED) is 0.299. The van der Waals surface area contributed by atoms with E-state index in [9.17, 15) is 19.8 Å². The molecule has 0 aliphatic rings. The first-order valence-corrected chi connectivity index (χ1v) is 5.16. The minimum absolute atomic E-state index is 0.151. The summed E-state index contributed by atoms with van der Waals surface area (Å²) in [5.41, 5.74) is 0. The molecule has 7 nitrogen and oxygen atoms in total. The van der Waals surface area contributed by atoms with Crippen molar-refractivity contribution < 1.29 is 34.8 Å². The van der Waals surface area contributed by atoms with Crippen molar-refractivity contribution in [2.45, 2.75) is 38.3 Å². The number of aliphatic hydroxyl groups is 4. The number of hydrogen-bond donors (Lipinski definition) is 4. The van der Waals surface area contributed by atoms with Gasteiger partial charge in [0.25, 0.3) is 0 Å². The van der Waals surface area contributed by atoms with E-state index < -0.39 is 42.9 Å². The summed E-state index contributed by atoms with van der Waals surface area (Å²) < 4.78 is 4.63. The lowest BCUT2D eigenvalue weighted by molar-refractivity contribution is -0.170. The third-order valence-corrected chi connectivity index (χ3v) is 2.13. The fraction of sp³-hybridized carbons (Fsp3) is 0.800. The van der Waals surface area contributed by atoms with E-state index >= 15 is 0 Å². The average molecular weight is 250 g/mol. The van der Waals surface area contributed by atoms with Crippen LogP contribution in [0.15, 0.2) is 0 Å². The Kier molecular flexibility index (Phi) is 6.89. The number of hydrogen-bond acceptors (Lipinski definition) is 7. The minimum Gasteiger partial charge on any atom is -0.452 e. The number of carbonyl (C=O) groups excluding carboxylic acids is 2. The van der Waals surface area contributed by atoms with Crippen LogP contribution in [0, 0.1) is 5.92 Å². The number of carbonyl (C=O) groups is 2. The molecule has 100 valence electrons. The van der Waals surface area contributed by atoms with E-state index in [2.05, 4.69) is 4.74 Å². The molecule has 4 atom stereocenters. The number of aldehydes is 1. The summed E-state index contributed by atoms with van der Waals surface area (Å²) in [5, 5.41) is 36.4. The van der Waals surface area contributed by atoms with Crippen molar-refractivity contribution in [3.63, 3.8) is 0 Å². The molecule has 4 N–H and O–H groups in total. The first kappa shape index (κ1) is 16.0. The van der Waals surface area contributed by atoms with Gasteiger partial charge in [-0.05, 0) is 0 Å². The molecule has 0 aliphatic carbocycles. The number of rotatable bonds is 7. The molecular weight excluding hydrogens is 232 g/mol. The molecule has 0 heterocycles. The Bertz CT molecular complexity index is 253. The molecule has 0 aliphatic heterocycles. The number of ether oxygens (including phenoxy) is 1. The lowest BCUT2D eigenvalue weighted by Crippen LogP contribution is -2.48. The fourth-order valence-electron chi connectivity index (χ4n) is 0.978. The Labute approximate surface area is 98.6 Å². The Hall–Kier alpha value is -1.02. The first-order chi connectivity index (χ1) is 7.84. The third kappa shape index (κ3) is 4.78. The molecule has 0 rings (SSSR count). The van der Waals surface area contributed by atoms with Gasteiger partial charge in [0.05, 0.1) is 12.5 Å². The maximum Gasteiger partial charge on any atom is 0.309 e. The van der Waals surface area contributed by atoms with Gasteiger partial charge in [-0.3, -0.25) is 9.59 Å². The third-order valence-electron chi connectivity index (χ3n) is 2.13. The van der Waals surface area contributed by atoms with E-state index in [1.807, 2.05) is 0 Å². The minimum atomic E-state index is -1.79. The zero-order valence-corrected chi connectivity index (χ0v) is 9.68. The summed E-state index contributed by atoms with van der Waals surface area (Å²) in [6.45, 7) is 2.28. The smallest absolute Gasteiger partial charge is 0.309 e. The van der Waals surface area contributed by atoms with Crippen molar-refractivity contribution >= 4 is 12.3 Å². The number of esters is 1. The van der Waals surface area contributed by atoms with Crippen molar-refractivity contribution in [3.8, 4) is 0 Å². The van der Waals surface area contributed by atoms with Gasteiger partial charge in [-0.1, -0.05) is 13.8 Å². The van der Waals surface area contributed by atoms with Crippen LogP contribution in [0.1, 0.15) is 13.8 Å². The van der Waals surface area contributed by atoms with Gasteiger partial charge >= 0.3 is 5.97 Å². The zero-order chi connectivity index (χ0) is 13.6. The highest BCUT2D eigenvalue weighted by Crippen LogP contribution is 2.09. The largest absolute Gasteiger partial charge is 0.452 e. The predicted octanol–water partition coefficient (Wildman–Crippen LogP) is -2.17. The zero-order valence-electron chi connectivity index (χ0n) is 9.68. The van der Waals surface area contributed by atoms with Crippen LogP contribution in [0.3, 0.4) is 0 Å². The lowest BCUT2D eigenvalue weighted by atomic mass is 10.0. The van der Waals surface area contributed by atoms with Crippen molar-refractivity contribution in [2.24, 2.45) is 5.92 Å². The van der Waals surface area contributed by atoms with Crippen LogP contribution in [0.2, 0.25) is 0 Å². The second-order valence-corrected chi connectivity index (χ2v) is 3.92. The summed E-state index contributed by atoms with van der Waals surface area (Å²) in [5.74, 6) is -1.21. The van der Waals surface area contributed by atoms with Crippen molar-refractivity contribution in [1.29, 1.82) is 0 Å². The van der Waals surface area contributed by atoms with Gasteiger partial charge in [0.2, 0.25) is 0 Å². The molecule has 0 bridgehead atoms.